The van der Waals surface area contributed by atoms with E-state index in [1.807, 2.05) is 76.5 Å². The number of pyridine rings is 1. The molecule has 2 saturated heterocycles. The lowest BCUT2D eigenvalue weighted by Crippen LogP contribution is -2.57. The molecule has 2 fully saturated rings. The first kappa shape index (κ1) is 53.5. The van der Waals surface area contributed by atoms with Gasteiger partial charge in [-0.05, 0) is 100 Å². The third kappa shape index (κ3) is 12.4. The van der Waals surface area contributed by atoms with Gasteiger partial charge >= 0.3 is 0 Å². The number of allylic oxidation sites excluding steroid dienone is 1. The summed E-state index contributed by atoms with van der Waals surface area (Å²) in [4.78, 5) is 80.3. The van der Waals surface area contributed by atoms with E-state index in [0.29, 0.717) is 34.9 Å². The molecule has 6 aromatic rings. The molecule has 0 aliphatic carbocycles. The number of aliphatic hydroxyl groups excluding tert-OH is 1. The largest absolute Gasteiger partial charge is 0.391 e. The highest BCUT2D eigenvalue weighted by Crippen LogP contribution is 2.31. The summed E-state index contributed by atoms with van der Waals surface area (Å²) in [6, 6.07) is 19.3. The van der Waals surface area contributed by atoms with E-state index in [-0.39, 0.29) is 55.3 Å². The Balaban J connectivity index is 0.779. The van der Waals surface area contributed by atoms with Crippen LogP contribution in [0.1, 0.15) is 96.6 Å². The molecule has 392 valence electrons. The number of amides is 3. The molecule has 0 radical (unpaired) electrons. The first-order valence-corrected chi connectivity index (χ1v) is 26.4. The number of aliphatic hydroxyl groups is 2. The molecule has 2 aromatic carbocycles. The van der Waals surface area contributed by atoms with Crippen LogP contribution in [0, 0.1) is 12.3 Å². The number of rotatable bonds is 19. The molecule has 1 unspecified atom stereocenters. The highest BCUT2D eigenvalue weighted by atomic mass is 32.1. The number of aryl methyl sites for hydroxylation is 1. The number of nitrogens with zero attached hydrogens (tertiary/aromatic N) is 9. The molecule has 0 bridgehead atoms. The number of unbranched alkanes of at least 4 members (excludes halogenated alkanes) is 2. The zero-order valence-electron chi connectivity index (χ0n) is 43.5. The van der Waals surface area contributed by atoms with Crippen LogP contribution in [-0.2, 0) is 26.5 Å². The van der Waals surface area contributed by atoms with E-state index in [0.717, 1.165) is 78.6 Å². The second kappa shape index (κ2) is 22.8. The summed E-state index contributed by atoms with van der Waals surface area (Å²) in [5.74, 6) is -0.172. The summed E-state index contributed by atoms with van der Waals surface area (Å²) in [5, 5.41) is 31.0. The number of nitrogens with one attached hydrogen (secondary N) is 3. The molecule has 4 aromatic heterocycles. The number of thiazole rings is 1. The van der Waals surface area contributed by atoms with Gasteiger partial charge < -0.3 is 36.0 Å². The summed E-state index contributed by atoms with van der Waals surface area (Å²) >= 11 is 1.58. The number of β-amino-alcohol motifs (C(OH)–C–C–N with tert-alkyl or cyclic N) is 1. The van der Waals surface area contributed by atoms with Gasteiger partial charge in [-0.25, -0.2) is 24.3 Å². The van der Waals surface area contributed by atoms with E-state index >= 15 is 0 Å². The zero-order chi connectivity index (χ0) is 52.9. The highest BCUT2D eigenvalue weighted by molar-refractivity contribution is 7.13. The highest BCUT2D eigenvalue weighted by Gasteiger charge is 2.44. The van der Waals surface area contributed by atoms with Gasteiger partial charge in [0.05, 0.1) is 40.5 Å². The topological polar surface area (TPSA) is 216 Å². The first-order chi connectivity index (χ1) is 35.3. The van der Waals surface area contributed by atoms with Crippen molar-refractivity contribution in [2.45, 2.75) is 117 Å². The van der Waals surface area contributed by atoms with Crippen LogP contribution in [0.25, 0.3) is 27.3 Å². The van der Waals surface area contributed by atoms with E-state index in [1.54, 1.807) is 54.1 Å². The van der Waals surface area contributed by atoms with E-state index in [9.17, 15) is 29.4 Å². The number of fused-ring (bicyclic) bond motifs is 1. The molecule has 0 saturated carbocycles. The van der Waals surface area contributed by atoms with Gasteiger partial charge in [-0.2, -0.15) is 4.98 Å². The Hall–Kier alpha value is -6.80. The average Bonchev–Trinajstić information content (AvgIpc) is 4.07. The number of hydrogen-bond acceptors (Lipinski definition) is 14. The fraction of sp³-hybridized carbons (Fsp3) is 0.455. The number of aromatic nitrogens is 6. The predicted octanol–water partition coefficient (Wildman–Crippen LogP) is 6.62. The summed E-state index contributed by atoms with van der Waals surface area (Å²) < 4.78 is 3.13. The Labute approximate surface area is 436 Å². The molecule has 6 heterocycles. The van der Waals surface area contributed by atoms with E-state index < -0.39 is 29.2 Å². The molecular formula is C55H70N12O6S. The molecular weight excluding hydrogens is 957 g/mol. The van der Waals surface area contributed by atoms with Gasteiger partial charge in [0.25, 0.3) is 5.56 Å². The second-order valence-electron chi connectivity index (χ2n) is 21.1. The van der Waals surface area contributed by atoms with Crippen molar-refractivity contribution in [1.82, 2.24) is 49.7 Å². The third-order valence-corrected chi connectivity index (χ3v) is 14.8. The minimum atomic E-state index is -1.19. The maximum atomic E-state index is 14.2. The molecule has 5 N–H and O–H groups in total. The zero-order valence-corrected chi connectivity index (χ0v) is 44.4. The molecule has 8 rings (SSSR count). The van der Waals surface area contributed by atoms with Crippen molar-refractivity contribution >= 4 is 57.4 Å². The molecule has 0 spiro atoms. The molecule has 4 atom stereocenters. The fourth-order valence-electron chi connectivity index (χ4n) is 9.65. The summed E-state index contributed by atoms with van der Waals surface area (Å²) in [6.45, 7) is 21.4. The molecule has 74 heavy (non-hydrogen) atoms. The minimum absolute atomic E-state index is 0.0185. The lowest BCUT2D eigenvalue weighted by Gasteiger charge is -2.36. The van der Waals surface area contributed by atoms with Gasteiger partial charge in [-0.15, -0.1) is 17.9 Å². The van der Waals surface area contributed by atoms with Crippen LogP contribution in [0.5, 0.6) is 0 Å². The smallest absolute Gasteiger partial charge is 0.278 e. The van der Waals surface area contributed by atoms with Crippen molar-refractivity contribution < 1.29 is 24.6 Å². The van der Waals surface area contributed by atoms with Crippen molar-refractivity contribution in [3.63, 3.8) is 0 Å². The summed E-state index contributed by atoms with van der Waals surface area (Å²) in [6.07, 6.45) is 5.19. The number of carbonyl (C=O) groups is 3. The van der Waals surface area contributed by atoms with Crippen LogP contribution in [0.2, 0.25) is 0 Å². The van der Waals surface area contributed by atoms with Gasteiger partial charge in [0.15, 0.2) is 11.5 Å². The van der Waals surface area contributed by atoms with Crippen molar-refractivity contribution in [2.75, 3.05) is 49.5 Å². The fourth-order valence-corrected chi connectivity index (χ4v) is 10.5. The number of anilines is 3. The SMILES string of the molecule is C=CCn1c(=O)c2cnc(Nc3ccc(N4CCN(CCCCCC(=O)NC(C(=O)N5C[C@H](O)C[C@H]5C(=O)N[C@@H](C)c5ccc(-c6scnc6C)cc5)C(C)(C)C)CC4)cc3)nc2n1-c1cccc(C(C)(C)O)n1. The van der Waals surface area contributed by atoms with Crippen LogP contribution in [0.4, 0.5) is 17.3 Å². The van der Waals surface area contributed by atoms with Gasteiger partial charge in [-0.1, -0.05) is 63.6 Å². The van der Waals surface area contributed by atoms with E-state index in [4.69, 9.17) is 4.98 Å². The normalized spacial score (nSPS) is 17.3. The average molecular weight is 1030 g/mol. The molecule has 3 amide bonds. The number of hydrogen-bond donors (Lipinski definition) is 5. The Morgan fingerprint density at radius 3 is 2.31 bits per heavy atom. The Morgan fingerprint density at radius 1 is 0.919 bits per heavy atom. The van der Waals surface area contributed by atoms with Gasteiger partial charge in [0.1, 0.15) is 23.1 Å². The number of likely N-dealkylation sites (tertiary alicyclic amines) is 1. The van der Waals surface area contributed by atoms with Crippen LogP contribution in [0.3, 0.4) is 0 Å². The summed E-state index contributed by atoms with van der Waals surface area (Å²) in [7, 11) is 0. The van der Waals surface area contributed by atoms with Crippen molar-refractivity contribution in [3.05, 3.63) is 118 Å². The van der Waals surface area contributed by atoms with Gasteiger partial charge in [0.2, 0.25) is 23.7 Å². The lowest BCUT2D eigenvalue weighted by atomic mass is 9.85. The lowest BCUT2D eigenvalue weighted by molar-refractivity contribution is -0.144. The Bertz CT molecular complexity index is 3000. The van der Waals surface area contributed by atoms with Crippen molar-refractivity contribution in [3.8, 4) is 16.3 Å². The predicted molar refractivity (Wildman–Crippen MR) is 290 cm³/mol. The summed E-state index contributed by atoms with van der Waals surface area (Å²) in [5.41, 5.74) is 5.38. The first-order valence-electron chi connectivity index (χ1n) is 25.5. The van der Waals surface area contributed by atoms with Crippen molar-refractivity contribution in [2.24, 2.45) is 5.41 Å². The molecule has 2 aliphatic heterocycles. The monoisotopic (exact) mass is 1030 g/mol. The van der Waals surface area contributed by atoms with Crippen LogP contribution >= 0.6 is 11.3 Å². The molecule has 19 heteroatoms. The van der Waals surface area contributed by atoms with E-state index in [2.05, 4.69) is 59.4 Å². The van der Waals surface area contributed by atoms with Crippen molar-refractivity contribution in [1.29, 1.82) is 0 Å². The van der Waals surface area contributed by atoms with Gasteiger partial charge in [0, 0.05) is 63.1 Å². The number of piperazine rings is 1. The molecule has 2 aliphatic rings. The minimum Gasteiger partial charge on any atom is -0.391 e. The Kier molecular flexibility index (Phi) is 16.5. The maximum Gasteiger partial charge on any atom is 0.278 e. The number of benzene rings is 2. The quantitative estimate of drug-likeness (QED) is 0.0427. The van der Waals surface area contributed by atoms with Gasteiger partial charge in [-0.3, -0.25) is 24.1 Å². The number of carbonyl (C=O) groups excluding carboxylic acids is 3. The van der Waals surface area contributed by atoms with Crippen LogP contribution in [0.15, 0.2) is 95.9 Å². The van der Waals surface area contributed by atoms with E-state index in [1.165, 1.54) is 15.8 Å². The van der Waals surface area contributed by atoms with Crippen LogP contribution in [-0.4, -0.2) is 124 Å². The third-order valence-electron chi connectivity index (χ3n) is 13.9. The van der Waals surface area contributed by atoms with Crippen LogP contribution < -0.4 is 26.4 Å². The standard InChI is InChI=1S/C55H70N12O6S/c1-9-25-66-51(71)42-32-56-53(62-49(42)67(66)45-15-13-14-44(60-45)55(7,8)73)59-39-21-23-40(24-22-39)64-29-27-63(28-30-64)26-12-10-11-16-46(69)61-48(54(4,5)6)52(72)65-33-41(68)31-43(65)50(70)58-35(2)37-17-19-38(20-18-37)47-36(3)57-34-74-47/h9,13-15,17-24,32,34-35,41,43,48,68,73H,1,10-12,16,25-31,33H2,2-8H3,(H,58,70)(H,61,69)(H,56,59,62)/t35-,41+,43-,48?/m0/s1. The Morgan fingerprint density at radius 2 is 1.65 bits per heavy atom. The maximum absolute atomic E-state index is 14.2. The molecule has 18 nitrogen and oxygen atoms in total. The second-order valence-corrected chi connectivity index (χ2v) is 21.9.